The minimum Gasteiger partial charge on any atom is -0.281 e. The summed E-state index contributed by atoms with van der Waals surface area (Å²) in [6.07, 6.45) is 4.32. The lowest BCUT2D eigenvalue weighted by molar-refractivity contribution is 0.0949. The number of aromatic nitrogens is 2. The molecule has 1 aromatic carbocycles. The van der Waals surface area contributed by atoms with E-state index < -0.39 is 0 Å². The third-order valence-corrected chi connectivity index (χ3v) is 3.27. The van der Waals surface area contributed by atoms with Crippen LogP contribution in [0.4, 0.5) is 4.39 Å². The molecule has 1 aromatic heterocycles. The fraction of sp³-hybridized carbons (Fsp3) is 0.214. The molecule has 2 aromatic rings. The SMILES string of the molecule is O=C(N/N=C/c1ccc(F)cc1)c1n[nH]c2c1CCC2. The van der Waals surface area contributed by atoms with Gasteiger partial charge in [-0.3, -0.25) is 9.89 Å². The molecule has 0 fully saturated rings. The fourth-order valence-corrected chi connectivity index (χ4v) is 2.27. The number of hydrogen-bond acceptors (Lipinski definition) is 3. The zero-order chi connectivity index (χ0) is 13.9. The van der Waals surface area contributed by atoms with Gasteiger partial charge >= 0.3 is 0 Å². The fourth-order valence-electron chi connectivity index (χ4n) is 2.27. The van der Waals surface area contributed by atoms with Crippen molar-refractivity contribution in [2.45, 2.75) is 19.3 Å². The van der Waals surface area contributed by atoms with Gasteiger partial charge in [0.15, 0.2) is 5.69 Å². The van der Waals surface area contributed by atoms with Crippen molar-refractivity contribution in [3.05, 3.63) is 52.6 Å². The highest BCUT2D eigenvalue weighted by molar-refractivity contribution is 5.94. The highest BCUT2D eigenvalue weighted by Crippen LogP contribution is 2.22. The van der Waals surface area contributed by atoms with E-state index in [0.29, 0.717) is 11.3 Å². The number of H-pyrrole nitrogens is 1. The summed E-state index contributed by atoms with van der Waals surface area (Å²) in [4.78, 5) is 11.9. The third kappa shape index (κ3) is 2.45. The van der Waals surface area contributed by atoms with Crippen LogP contribution in [0.1, 0.15) is 33.7 Å². The number of benzene rings is 1. The van der Waals surface area contributed by atoms with Crippen LogP contribution in [0.2, 0.25) is 0 Å². The molecule has 0 aliphatic heterocycles. The molecule has 0 radical (unpaired) electrons. The van der Waals surface area contributed by atoms with E-state index in [1.54, 1.807) is 12.1 Å². The van der Waals surface area contributed by atoms with Gasteiger partial charge < -0.3 is 0 Å². The van der Waals surface area contributed by atoms with Gasteiger partial charge in [-0.2, -0.15) is 10.2 Å². The van der Waals surface area contributed by atoms with Crippen molar-refractivity contribution in [2.24, 2.45) is 5.10 Å². The lowest BCUT2D eigenvalue weighted by Crippen LogP contribution is -2.19. The summed E-state index contributed by atoms with van der Waals surface area (Å²) in [5, 5.41) is 10.7. The molecule has 6 heteroatoms. The van der Waals surface area contributed by atoms with Crippen LogP contribution in [0.25, 0.3) is 0 Å². The maximum Gasteiger partial charge on any atom is 0.292 e. The molecular formula is C14H13FN4O. The van der Waals surface area contributed by atoms with E-state index in [1.165, 1.54) is 18.3 Å². The van der Waals surface area contributed by atoms with Gasteiger partial charge in [0.1, 0.15) is 5.82 Å². The summed E-state index contributed by atoms with van der Waals surface area (Å²) in [6, 6.07) is 5.84. The number of nitrogens with zero attached hydrogens (tertiary/aromatic N) is 2. The average molecular weight is 272 g/mol. The van der Waals surface area contributed by atoms with Crippen molar-refractivity contribution in [1.29, 1.82) is 0 Å². The molecule has 0 spiro atoms. The number of amides is 1. The number of hydrogen-bond donors (Lipinski definition) is 2. The second-order valence-electron chi connectivity index (χ2n) is 4.63. The van der Waals surface area contributed by atoms with Gasteiger partial charge in [0.05, 0.1) is 6.21 Å². The molecular weight excluding hydrogens is 259 g/mol. The lowest BCUT2D eigenvalue weighted by atomic mass is 10.2. The molecule has 1 aliphatic carbocycles. The van der Waals surface area contributed by atoms with Gasteiger partial charge in [0.2, 0.25) is 0 Å². The number of fused-ring (bicyclic) bond motifs is 1. The van der Waals surface area contributed by atoms with Gasteiger partial charge in [0, 0.05) is 11.3 Å². The van der Waals surface area contributed by atoms with E-state index in [9.17, 15) is 9.18 Å². The smallest absolute Gasteiger partial charge is 0.281 e. The molecule has 0 unspecified atom stereocenters. The Morgan fingerprint density at radius 1 is 1.35 bits per heavy atom. The zero-order valence-corrected chi connectivity index (χ0v) is 10.7. The van der Waals surface area contributed by atoms with E-state index in [2.05, 4.69) is 20.7 Å². The molecule has 5 nitrogen and oxygen atoms in total. The summed E-state index contributed by atoms with van der Waals surface area (Å²) < 4.78 is 12.7. The van der Waals surface area contributed by atoms with Crippen LogP contribution in [0.3, 0.4) is 0 Å². The standard InChI is InChI=1S/C14H13FN4O/c15-10-6-4-9(5-7-10)8-16-19-14(20)13-11-2-1-3-12(11)17-18-13/h4-8H,1-3H2,(H,17,18)(H,19,20)/b16-8+. The molecule has 0 atom stereocenters. The van der Waals surface area contributed by atoms with Crippen molar-refractivity contribution in [2.75, 3.05) is 0 Å². The molecule has 3 rings (SSSR count). The number of nitrogens with one attached hydrogen (secondary N) is 2. The number of rotatable bonds is 3. The number of aryl methyl sites for hydroxylation is 1. The van der Waals surface area contributed by atoms with Crippen LogP contribution < -0.4 is 5.43 Å². The van der Waals surface area contributed by atoms with Crippen LogP contribution in [-0.4, -0.2) is 22.3 Å². The molecule has 1 aliphatic rings. The van der Waals surface area contributed by atoms with E-state index in [-0.39, 0.29) is 11.7 Å². The molecule has 1 amide bonds. The van der Waals surface area contributed by atoms with Crippen LogP contribution >= 0.6 is 0 Å². The van der Waals surface area contributed by atoms with Crippen LogP contribution in [0, 0.1) is 5.82 Å². The highest BCUT2D eigenvalue weighted by atomic mass is 19.1. The average Bonchev–Trinajstić information content (AvgIpc) is 3.03. The predicted molar refractivity (Wildman–Crippen MR) is 72.1 cm³/mol. The molecule has 2 N–H and O–H groups in total. The van der Waals surface area contributed by atoms with Crippen molar-refractivity contribution in [3.8, 4) is 0 Å². The molecule has 0 saturated carbocycles. The van der Waals surface area contributed by atoms with Crippen molar-refractivity contribution < 1.29 is 9.18 Å². The maximum atomic E-state index is 12.7. The van der Waals surface area contributed by atoms with Crippen LogP contribution in [0.5, 0.6) is 0 Å². The number of aromatic amines is 1. The van der Waals surface area contributed by atoms with E-state index >= 15 is 0 Å². The Kier molecular flexibility index (Phi) is 3.28. The van der Waals surface area contributed by atoms with Gasteiger partial charge in [-0.25, -0.2) is 9.82 Å². The minimum absolute atomic E-state index is 0.307. The molecule has 1 heterocycles. The van der Waals surface area contributed by atoms with Crippen LogP contribution in [-0.2, 0) is 12.8 Å². The van der Waals surface area contributed by atoms with Gasteiger partial charge in [-0.15, -0.1) is 0 Å². The van der Waals surface area contributed by atoms with E-state index in [4.69, 9.17) is 0 Å². The predicted octanol–water partition coefficient (Wildman–Crippen LogP) is 1.80. The largest absolute Gasteiger partial charge is 0.292 e. The van der Waals surface area contributed by atoms with Gasteiger partial charge in [-0.1, -0.05) is 12.1 Å². The normalized spacial score (nSPS) is 13.7. The van der Waals surface area contributed by atoms with Gasteiger partial charge in [0.25, 0.3) is 5.91 Å². The Bertz CT molecular complexity index is 660. The van der Waals surface area contributed by atoms with Gasteiger partial charge in [-0.05, 0) is 37.0 Å². The summed E-state index contributed by atoms with van der Waals surface area (Å²) in [5.41, 5.74) is 5.58. The Hall–Kier alpha value is -2.50. The number of carbonyl (C=O) groups excluding carboxylic acids is 1. The number of halogens is 1. The zero-order valence-electron chi connectivity index (χ0n) is 10.7. The molecule has 0 bridgehead atoms. The third-order valence-electron chi connectivity index (χ3n) is 3.27. The first-order chi connectivity index (χ1) is 9.74. The Morgan fingerprint density at radius 3 is 2.95 bits per heavy atom. The molecule has 102 valence electrons. The van der Waals surface area contributed by atoms with Crippen molar-refractivity contribution >= 4 is 12.1 Å². The summed E-state index contributed by atoms with van der Waals surface area (Å²) in [7, 11) is 0. The Morgan fingerprint density at radius 2 is 2.15 bits per heavy atom. The van der Waals surface area contributed by atoms with E-state index in [1.807, 2.05) is 0 Å². The molecule has 0 saturated heterocycles. The molecule has 20 heavy (non-hydrogen) atoms. The summed E-state index contributed by atoms with van der Waals surface area (Å²) in [6.45, 7) is 0. The lowest BCUT2D eigenvalue weighted by Gasteiger charge is -1.98. The van der Waals surface area contributed by atoms with E-state index in [0.717, 1.165) is 30.5 Å². The second-order valence-corrected chi connectivity index (χ2v) is 4.63. The minimum atomic E-state index is -0.331. The number of hydrazone groups is 1. The highest BCUT2D eigenvalue weighted by Gasteiger charge is 2.22. The van der Waals surface area contributed by atoms with Crippen LogP contribution in [0.15, 0.2) is 29.4 Å². The monoisotopic (exact) mass is 272 g/mol. The Balaban J connectivity index is 1.66. The van der Waals surface area contributed by atoms with Crippen molar-refractivity contribution in [3.63, 3.8) is 0 Å². The quantitative estimate of drug-likeness (QED) is 0.660. The van der Waals surface area contributed by atoms with Crippen molar-refractivity contribution in [1.82, 2.24) is 15.6 Å². The summed E-state index contributed by atoms with van der Waals surface area (Å²) in [5.74, 6) is -0.638. The Labute approximate surface area is 114 Å². The number of carbonyl (C=O) groups is 1. The summed E-state index contributed by atoms with van der Waals surface area (Å²) >= 11 is 0. The first-order valence-corrected chi connectivity index (χ1v) is 6.39. The topological polar surface area (TPSA) is 70.1 Å². The first kappa shape index (κ1) is 12.5. The second kappa shape index (κ2) is 5.24. The first-order valence-electron chi connectivity index (χ1n) is 6.39. The maximum absolute atomic E-state index is 12.7.